The molecular formula is C15H15N3O3. The van der Waals surface area contributed by atoms with Crippen molar-refractivity contribution in [2.45, 2.75) is 6.42 Å². The molecule has 0 bridgehead atoms. The van der Waals surface area contributed by atoms with Crippen LogP contribution in [-0.4, -0.2) is 25.0 Å². The standard InChI is InChI=1S/C15H15N3O3/c19-14(13-3-1-10-21-13)17-11-4-6-12(7-5-11)18-9-2-8-16-15(18)20/h1,3-7,10H,2,8-9H2,(H,16,20)(H,17,19). The topological polar surface area (TPSA) is 74.6 Å². The van der Waals surface area contributed by atoms with E-state index in [2.05, 4.69) is 10.6 Å². The zero-order chi connectivity index (χ0) is 14.7. The SMILES string of the molecule is O=C(Nc1ccc(N2CCCNC2=O)cc1)c1ccco1. The molecule has 108 valence electrons. The molecule has 3 amide bonds. The van der Waals surface area contributed by atoms with Crippen molar-refractivity contribution >= 4 is 23.3 Å². The minimum absolute atomic E-state index is 0.0892. The van der Waals surface area contributed by atoms with E-state index in [4.69, 9.17) is 4.42 Å². The lowest BCUT2D eigenvalue weighted by molar-refractivity contribution is 0.0996. The predicted octanol–water partition coefficient (Wildman–Crippen LogP) is 2.45. The Morgan fingerprint density at radius 1 is 1.24 bits per heavy atom. The number of urea groups is 1. The molecule has 0 unspecified atom stereocenters. The maximum Gasteiger partial charge on any atom is 0.321 e. The minimum Gasteiger partial charge on any atom is -0.459 e. The van der Waals surface area contributed by atoms with Crippen LogP contribution in [0.1, 0.15) is 17.0 Å². The van der Waals surface area contributed by atoms with Crippen LogP contribution in [0.15, 0.2) is 47.1 Å². The molecule has 0 aliphatic carbocycles. The van der Waals surface area contributed by atoms with Gasteiger partial charge in [-0.2, -0.15) is 0 Å². The van der Waals surface area contributed by atoms with Crippen molar-refractivity contribution in [2.24, 2.45) is 0 Å². The van der Waals surface area contributed by atoms with Crippen LogP contribution in [0.2, 0.25) is 0 Å². The number of carbonyl (C=O) groups is 2. The molecule has 0 atom stereocenters. The zero-order valence-corrected chi connectivity index (χ0v) is 11.3. The first-order valence-corrected chi connectivity index (χ1v) is 6.74. The summed E-state index contributed by atoms with van der Waals surface area (Å²) in [5, 5.41) is 5.53. The van der Waals surface area contributed by atoms with Crippen molar-refractivity contribution in [3.8, 4) is 0 Å². The van der Waals surface area contributed by atoms with Gasteiger partial charge in [-0.15, -0.1) is 0 Å². The molecule has 0 spiro atoms. The quantitative estimate of drug-likeness (QED) is 0.909. The molecule has 1 aliphatic heterocycles. The Hall–Kier alpha value is -2.76. The normalized spacial score (nSPS) is 14.7. The van der Waals surface area contributed by atoms with E-state index in [0.717, 1.165) is 12.1 Å². The van der Waals surface area contributed by atoms with E-state index < -0.39 is 0 Å². The fourth-order valence-electron chi connectivity index (χ4n) is 2.20. The highest BCUT2D eigenvalue weighted by molar-refractivity contribution is 6.02. The van der Waals surface area contributed by atoms with Crippen LogP contribution in [0, 0.1) is 0 Å². The number of rotatable bonds is 3. The van der Waals surface area contributed by atoms with Crippen molar-refractivity contribution in [1.82, 2.24) is 5.32 Å². The molecule has 0 saturated carbocycles. The summed E-state index contributed by atoms with van der Waals surface area (Å²) in [5.74, 6) is -0.0436. The number of nitrogens with one attached hydrogen (secondary N) is 2. The Labute approximate surface area is 121 Å². The molecule has 3 rings (SSSR count). The van der Waals surface area contributed by atoms with Gasteiger partial charge in [-0.3, -0.25) is 9.69 Å². The van der Waals surface area contributed by atoms with Gasteiger partial charge in [-0.25, -0.2) is 4.79 Å². The Morgan fingerprint density at radius 2 is 2.05 bits per heavy atom. The van der Waals surface area contributed by atoms with Crippen molar-refractivity contribution in [1.29, 1.82) is 0 Å². The second-order valence-corrected chi connectivity index (χ2v) is 4.72. The average molecular weight is 285 g/mol. The fraction of sp³-hybridized carbons (Fsp3) is 0.200. The molecule has 0 radical (unpaired) electrons. The number of hydrogen-bond acceptors (Lipinski definition) is 3. The predicted molar refractivity (Wildman–Crippen MR) is 78.5 cm³/mol. The summed E-state index contributed by atoms with van der Waals surface area (Å²) in [4.78, 5) is 25.3. The van der Waals surface area contributed by atoms with E-state index in [1.807, 2.05) is 12.1 Å². The van der Waals surface area contributed by atoms with Gasteiger partial charge in [0, 0.05) is 24.5 Å². The second-order valence-electron chi connectivity index (χ2n) is 4.72. The third-order valence-corrected chi connectivity index (χ3v) is 3.26. The van der Waals surface area contributed by atoms with Crippen molar-refractivity contribution < 1.29 is 14.0 Å². The number of furan rings is 1. The summed E-state index contributed by atoms with van der Waals surface area (Å²) in [6.45, 7) is 1.41. The number of carbonyl (C=O) groups excluding carboxylic acids is 2. The molecule has 2 heterocycles. The van der Waals surface area contributed by atoms with E-state index >= 15 is 0 Å². The Balaban J connectivity index is 1.69. The maximum absolute atomic E-state index is 11.8. The van der Waals surface area contributed by atoms with Crippen molar-refractivity contribution in [3.05, 3.63) is 48.4 Å². The van der Waals surface area contributed by atoms with E-state index in [1.54, 1.807) is 29.2 Å². The summed E-state index contributed by atoms with van der Waals surface area (Å²) in [6.07, 6.45) is 2.37. The maximum atomic E-state index is 11.8. The summed E-state index contributed by atoms with van der Waals surface area (Å²) in [7, 11) is 0. The van der Waals surface area contributed by atoms with E-state index in [-0.39, 0.29) is 17.7 Å². The number of hydrogen-bond donors (Lipinski definition) is 2. The Morgan fingerprint density at radius 3 is 2.71 bits per heavy atom. The van der Waals surface area contributed by atoms with E-state index in [1.165, 1.54) is 6.26 Å². The first-order chi connectivity index (χ1) is 10.2. The average Bonchev–Trinajstić information content (AvgIpc) is 3.03. The van der Waals surface area contributed by atoms with E-state index in [9.17, 15) is 9.59 Å². The third kappa shape index (κ3) is 2.89. The van der Waals surface area contributed by atoms with Gasteiger partial charge < -0.3 is 15.1 Å². The number of benzene rings is 1. The first-order valence-electron chi connectivity index (χ1n) is 6.74. The van der Waals surface area contributed by atoms with Gasteiger partial charge in [0.05, 0.1) is 6.26 Å². The molecule has 6 nitrogen and oxygen atoms in total. The molecule has 1 aromatic carbocycles. The van der Waals surface area contributed by atoms with E-state index in [0.29, 0.717) is 18.8 Å². The van der Waals surface area contributed by atoms with Gasteiger partial charge in [-0.1, -0.05) is 0 Å². The molecule has 21 heavy (non-hydrogen) atoms. The second kappa shape index (κ2) is 5.70. The summed E-state index contributed by atoms with van der Waals surface area (Å²) >= 11 is 0. The lowest BCUT2D eigenvalue weighted by Crippen LogP contribution is -2.46. The zero-order valence-electron chi connectivity index (χ0n) is 11.3. The smallest absolute Gasteiger partial charge is 0.321 e. The van der Waals surface area contributed by atoms with Gasteiger partial charge in [0.2, 0.25) is 0 Å². The fourth-order valence-corrected chi connectivity index (χ4v) is 2.20. The number of nitrogens with zero attached hydrogens (tertiary/aromatic N) is 1. The van der Waals surface area contributed by atoms with Crippen LogP contribution in [-0.2, 0) is 0 Å². The van der Waals surface area contributed by atoms with Gasteiger partial charge in [0.25, 0.3) is 5.91 Å². The highest BCUT2D eigenvalue weighted by Crippen LogP contribution is 2.20. The highest BCUT2D eigenvalue weighted by atomic mass is 16.3. The summed E-state index contributed by atoms with van der Waals surface area (Å²) < 4.78 is 5.03. The van der Waals surface area contributed by atoms with Crippen LogP contribution in [0.25, 0.3) is 0 Å². The Bertz CT molecular complexity index is 635. The lowest BCUT2D eigenvalue weighted by Gasteiger charge is -2.27. The van der Waals surface area contributed by atoms with Crippen LogP contribution in [0.4, 0.5) is 16.2 Å². The molecule has 1 aliphatic rings. The number of anilines is 2. The van der Waals surface area contributed by atoms with Crippen LogP contribution in [0.3, 0.4) is 0 Å². The molecule has 1 fully saturated rings. The molecular weight excluding hydrogens is 270 g/mol. The monoisotopic (exact) mass is 285 g/mol. The van der Waals surface area contributed by atoms with Gasteiger partial charge in [0.15, 0.2) is 5.76 Å². The summed E-state index contributed by atoms with van der Waals surface area (Å²) in [6, 6.07) is 10.3. The molecule has 6 heteroatoms. The molecule has 1 aromatic heterocycles. The van der Waals surface area contributed by atoms with Gasteiger partial charge >= 0.3 is 6.03 Å². The van der Waals surface area contributed by atoms with Gasteiger partial charge in [-0.05, 0) is 42.8 Å². The largest absolute Gasteiger partial charge is 0.459 e. The van der Waals surface area contributed by atoms with Crippen LogP contribution >= 0.6 is 0 Å². The lowest BCUT2D eigenvalue weighted by atomic mass is 10.2. The Kier molecular flexibility index (Phi) is 3.59. The van der Waals surface area contributed by atoms with Gasteiger partial charge in [0.1, 0.15) is 0 Å². The number of amides is 3. The van der Waals surface area contributed by atoms with Crippen LogP contribution < -0.4 is 15.5 Å². The molecule has 1 saturated heterocycles. The molecule has 2 aromatic rings. The summed E-state index contributed by atoms with van der Waals surface area (Å²) in [5.41, 5.74) is 1.46. The first kappa shape index (κ1) is 13.2. The van der Waals surface area contributed by atoms with Crippen LogP contribution in [0.5, 0.6) is 0 Å². The molecule has 2 N–H and O–H groups in total. The van der Waals surface area contributed by atoms with Crippen molar-refractivity contribution in [2.75, 3.05) is 23.3 Å². The highest BCUT2D eigenvalue weighted by Gasteiger charge is 2.19. The van der Waals surface area contributed by atoms with Crippen molar-refractivity contribution in [3.63, 3.8) is 0 Å². The minimum atomic E-state index is -0.302. The third-order valence-electron chi connectivity index (χ3n) is 3.26.